The van der Waals surface area contributed by atoms with Gasteiger partial charge < -0.3 is 44.1 Å². The average Bonchev–Trinajstić information content (AvgIpc) is 4.00. The van der Waals surface area contributed by atoms with E-state index in [-0.39, 0.29) is 45.6 Å². The monoisotopic (exact) mass is 853 g/mol. The van der Waals surface area contributed by atoms with Crippen LogP contribution < -0.4 is 5.32 Å². The highest BCUT2D eigenvalue weighted by Crippen LogP contribution is 2.60. The summed E-state index contributed by atoms with van der Waals surface area (Å²) in [6, 6.07) is 23.6. The van der Waals surface area contributed by atoms with Crippen molar-refractivity contribution in [3.05, 3.63) is 113 Å². The molecule has 62 heavy (non-hydrogen) atoms. The average molecular weight is 854 g/mol. The van der Waals surface area contributed by atoms with Crippen LogP contribution in [0.1, 0.15) is 75.1 Å². The van der Waals surface area contributed by atoms with Crippen LogP contribution in [0, 0.1) is 5.41 Å². The molecule has 4 heterocycles. The summed E-state index contributed by atoms with van der Waals surface area (Å²) in [4.78, 5) is 65.2. The van der Waals surface area contributed by atoms with Gasteiger partial charge in [-0.25, -0.2) is 0 Å². The number of aliphatic hydroxyl groups excluding tert-OH is 2. The first-order valence-electron chi connectivity index (χ1n) is 21.4. The lowest BCUT2D eigenvalue weighted by Gasteiger charge is -2.50. The fourth-order valence-corrected chi connectivity index (χ4v) is 9.63. The molecule has 8 rings (SSSR count). The molecule has 0 unspecified atom stereocenters. The minimum Gasteiger partial charge on any atom is -0.499 e. The van der Waals surface area contributed by atoms with Gasteiger partial charge in [0.1, 0.15) is 48.1 Å². The highest BCUT2D eigenvalue weighted by Gasteiger charge is 2.77. The van der Waals surface area contributed by atoms with Crippen molar-refractivity contribution in [3.63, 3.8) is 0 Å². The topological polar surface area (TPSA) is 183 Å². The van der Waals surface area contributed by atoms with Gasteiger partial charge in [-0.3, -0.25) is 24.0 Å². The lowest BCUT2D eigenvalue weighted by atomic mass is 9.62. The first kappa shape index (κ1) is 43.5. The Hall–Kier alpha value is -5.16. The maximum Gasteiger partial charge on any atom is 0.327 e. The molecule has 3 aromatic carbocycles. The fraction of sp³-hybridized carbons (Fsp3) is 0.489. The third-order valence-electron chi connectivity index (χ3n) is 12.2. The molecule has 1 saturated carbocycles. The Labute approximate surface area is 360 Å². The molecule has 0 radical (unpaired) electrons. The predicted octanol–water partition coefficient (Wildman–Crippen LogP) is 3.74. The number of hydroxylamine groups is 2. The molecule has 8 atom stereocenters. The first-order valence-corrected chi connectivity index (χ1v) is 21.4. The van der Waals surface area contributed by atoms with E-state index in [1.54, 1.807) is 26.8 Å². The zero-order chi connectivity index (χ0) is 43.6. The molecular formula is C47H55N3O12. The second-order valence-corrected chi connectivity index (χ2v) is 17.5. The van der Waals surface area contributed by atoms with Crippen LogP contribution in [-0.2, 0) is 60.0 Å². The number of likely N-dealkylation sites (tertiary alicyclic amines) is 1. The molecule has 4 aliphatic heterocycles. The number of fused-ring (bicyclic) bond motifs is 4. The van der Waals surface area contributed by atoms with Crippen LogP contribution >= 0.6 is 0 Å². The van der Waals surface area contributed by atoms with Gasteiger partial charge in [0.2, 0.25) is 17.6 Å². The van der Waals surface area contributed by atoms with Gasteiger partial charge in [0.15, 0.2) is 6.04 Å². The van der Waals surface area contributed by atoms with Gasteiger partial charge in [-0.15, -0.1) is 0 Å². The Morgan fingerprint density at radius 1 is 0.968 bits per heavy atom. The van der Waals surface area contributed by atoms with Crippen LogP contribution in [0.3, 0.4) is 0 Å². The van der Waals surface area contributed by atoms with Gasteiger partial charge in [0.25, 0.3) is 0 Å². The first-order chi connectivity index (χ1) is 29.9. The Balaban J connectivity index is 1.13. The SMILES string of the molecule is CC(C)(C)OC(=O)CC[C@@H](CO)NC(=O)[C@H]1CCCN1C(=O)[C@@]12C[C@H]3OC(=O)[C@@H]1N(Cc1cccc(C=COCCO)c1)O[C@@H]2[C@H]1OC(c2ccccc2)(c2ccccc2)O[C@H]13. The summed E-state index contributed by atoms with van der Waals surface area (Å²) in [5.74, 6) is -3.43. The summed E-state index contributed by atoms with van der Waals surface area (Å²) < 4.78 is 31.1. The maximum atomic E-state index is 15.7. The zero-order valence-electron chi connectivity index (χ0n) is 35.2. The van der Waals surface area contributed by atoms with Crippen LogP contribution in [0.2, 0.25) is 0 Å². The number of hydrogen-bond acceptors (Lipinski definition) is 13. The molecule has 1 aliphatic carbocycles. The van der Waals surface area contributed by atoms with Crippen molar-refractivity contribution >= 4 is 29.8 Å². The largest absolute Gasteiger partial charge is 0.499 e. The molecule has 15 heteroatoms. The normalized spacial score (nSPS) is 28.0. The summed E-state index contributed by atoms with van der Waals surface area (Å²) >= 11 is 0. The van der Waals surface area contributed by atoms with Crippen LogP contribution in [0.15, 0.2) is 91.2 Å². The highest BCUT2D eigenvalue weighted by molar-refractivity contribution is 5.96. The number of amides is 2. The number of aliphatic hydroxyl groups is 2. The van der Waals surface area contributed by atoms with E-state index in [2.05, 4.69) is 5.32 Å². The van der Waals surface area contributed by atoms with Crippen LogP contribution in [0.4, 0.5) is 0 Å². The number of hydrogen-bond donors (Lipinski definition) is 3. The Bertz CT molecular complexity index is 2090. The molecule has 5 aliphatic rings. The molecule has 15 nitrogen and oxygen atoms in total. The highest BCUT2D eigenvalue weighted by atomic mass is 16.8. The van der Waals surface area contributed by atoms with Crippen molar-refractivity contribution in [1.29, 1.82) is 0 Å². The van der Waals surface area contributed by atoms with Gasteiger partial charge >= 0.3 is 11.9 Å². The van der Waals surface area contributed by atoms with Crippen molar-refractivity contribution in [3.8, 4) is 0 Å². The number of carbonyl (C=O) groups is 4. The molecule has 0 spiro atoms. The molecule has 2 amide bonds. The predicted molar refractivity (Wildman–Crippen MR) is 222 cm³/mol. The lowest BCUT2D eigenvalue weighted by Crippen LogP contribution is -2.70. The van der Waals surface area contributed by atoms with E-state index >= 15 is 4.79 Å². The van der Waals surface area contributed by atoms with E-state index in [0.717, 1.165) is 11.1 Å². The molecule has 0 aromatic heterocycles. The number of nitrogens with zero attached hydrogens (tertiary/aromatic N) is 2. The second-order valence-electron chi connectivity index (χ2n) is 17.5. The Morgan fingerprint density at radius 3 is 2.35 bits per heavy atom. The smallest absolute Gasteiger partial charge is 0.327 e. The fourth-order valence-electron chi connectivity index (χ4n) is 9.63. The molecule has 2 bridgehead atoms. The van der Waals surface area contributed by atoms with Gasteiger partial charge in [0, 0.05) is 30.5 Å². The number of benzene rings is 3. The third kappa shape index (κ3) is 8.37. The molecule has 3 aromatic rings. The van der Waals surface area contributed by atoms with E-state index < -0.39 is 89.7 Å². The summed E-state index contributed by atoms with van der Waals surface area (Å²) in [5, 5.41) is 23.7. The van der Waals surface area contributed by atoms with Crippen LogP contribution in [0.25, 0.3) is 6.08 Å². The molecule has 3 N–H and O–H groups in total. The van der Waals surface area contributed by atoms with Crippen molar-refractivity contribution in [1.82, 2.24) is 15.3 Å². The molecular weight excluding hydrogens is 799 g/mol. The lowest BCUT2D eigenvalue weighted by molar-refractivity contribution is -0.214. The molecule has 4 saturated heterocycles. The van der Waals surface area contributed by atoms with E-state index in [4.69, 9.17) is 33.6 Å². The van der Waals surface area contributed by atoms with E-state index in [1.807, 2.05) is 84.9 Å². The second kappa shape index (κ2) is 17.9. The number of carbonyl (C=O) groups excluding carboxylic acids is 4. The molecule has 330 valence electrons. The van der Waals surface area contributed by atoms with E-state index in [9.17, 15) is 19.5 Å². The van der Waals surface area contributed by atoms with Gasteiger partial charge in [-0.05, 0) is 57.2 Å². The number of ether oxygens (including phenoxy) is 5. The number of rotatable bonds is 15. The Kier molecular flexibility index (Phi) is 12.6. The van der Waals surface area contributed by atoms with Gasteiger partial charge in [-0.1, -0.05) is 84.9 Å². The van der Waals surface area contributed by atoms with Gasteiger partial charge in [-0.2, -0.15) is 5.06 Å². The van der Waals surface area contributed by atoms with Crippen molar-refractivity contribution in [2.75, 3.05) is 26.4 Å². The summed E-state index contributed by atoms with van der Waals surface area (Å²) in [6.45, 7) is 5.25. The minimum absolute atomic E-state index is 0.0198. The summed E-state index contributed by atoms with van der Waals surface area (Å²) in [5.41, 5.74) is 0.757. The summed E-state index contributed by atoms with van der Waals surface area (Å²) in [7, 11) is 0. The minimum atomic E-state index is -1.56. The molecule has 5 fully saturated rings. The van der Waals surface area contributed by atoms with Gasteiger partial charge in [0.05, 0.1) is 32.1 Å². The Morgan fingerprint density at radius 2 is 1.68 bits per heavy atom. The third-order valence-corrected chi connectivity index (χ3v) is 12.2. The van der Waals surface area contributed by atoms with Crippen molar-refractivity contribution in [2.24, 2.45) is 5.41 Å². The van der Waals surface area contributed by atoms with Crippen LogP contribution in [-0.4, -0.2) is 118 Å². The van der Waals surface area contributed by atoms with Crippen LogP contribution in [0.5, 0.6) is 0 Å². The van der Waals surface area contributed by atoms with Crippen molar-refractivity contribution in [2.45, 2.75) is 113 Å². The van der Waals surface area contributed by atoms with E-state index in [1.165, 1.54) is 16.2 Å². The standard InChI is InChI=1S/C47H55N3O12/c1-45(2,3)59-37(53)20-19-34(29-52)48-42(54)35-18-11-22-49(35)44(56)46-27-36-38-39(61-47(60-38,32-14-6-4-7-15-32)33-16-8-5-9-17-33)41(46)62-50(40(46)43(55)58-36)28-31-13-10-12-30(26-31)21-24-57-25-23-51/h4-10,12-17,21,24,26,34-36,38-41,51-52H,11,18-20,22-23,25,27-29H2,1-3H3,(H,48,54)/t34-,35+,36+,38-,39-,40-,41+,46-/m0/s1. The number of esters is 2. The number of nitrogens with one attached hydrogen (secondary N) is 1. The quantitative estimate of drug-likeness (QED) is 0.114. The summed E-state index contributed by atoms with van der Waals surface area (Å²) in [6.07, 6.45) is 0.638. The zero-order valence-corrected chi connectivity index (χ0v) is 35.2. The van der Waals surface area contributed by atoms with E-state index in [0.29, 0.717) is 24.0 Å². The van der Waals surface area contributed by atoms with Crippen molar-refractivity contribution < 1.29 is 57.9 Å². The maximum absolute atomic E-state index is 15.7.